The molecule has 4 N–H and O–H groups in total. The number of nitrogens with zero attached hydrogens (tertiary/aromatic N) is 1. The van der Waals surface area contributed by atoms with Crippen LogP contribution in [0.3, 0.4) is 0 Å². The van der Waals surface area contributed by atoms with Crippen molar-refractivity contribution >= 4 is 26.8 Å². The average molecular weight is 559 g/mol. The van der Waals surface area contributed by atoms with Crippen molar-refractivity contribution in [2.24, 2.45) is 5.73 Å². The van der Waals surface area contributed by atoms with Crippen molar-refractivity contribution in [2.45, 2.75) is 63.3 Å². The van der Waals surface area contributed by atoms with Gasteiger partial charge in [0.15, 0.2) is 11.6 Å². The average Bonchev–Trinajstić information content (AvgIpc) is 3.58. The van der Waals surface area contributed by atoms with Gasteiger partial charge in [0.1, 0.15) is 0 Å². The Morgan fingerprint density at radius 3 is 2.46 bits per heavy atom. The number of primary amides is 1. The van der Waals surface area contributed by atoms with Gasteiger partial charge in [0.25, 0.3) is 0 Å². The largest absolute Gasteiger partial charge is 0.369 e. The Labute approximate surface area is 228 Å². The second-order valence-electron chi connectivity index (χ2n) is 10.9. The maximum Gasteiger partial charge on any atom is 0.221 e. The molecule has 0 radical (unpaired) electrons. The van der Waals surface area contributed by atoms with E-state index in [-0.39, 0.29) is 18.1 Å². The van der Waals surface area contributed by atoms with Gasteiger partial charge in [0.05, 0.1) is 12.2 Å². The monoisotopic (exact) mass is 558 g/mol. The number of sulfonamides is 1. The molecule has 1 saturated carbocycles. The number of carbonyl (C=O) groups excluding carboxylic acids is 1. The highest BCUT2D eigenvalue weighted by atomic mass is 32.2. The van der Waals surface area contributed by atoms with Crippen LogP contribution < -0.4 is 11.1 Å². The summed E-state index contributed by atoms with van der Waals surface area (Å²) in [6.45, 7) is 1.63. The third-order valence-corrected chi connectivity index (χ3v) is 10.1. The topological polar surface area (TPSA) is 108 Å². The van der Waals surface area contributed by atoms with Gasteiger partial charge in [-0.1, -0.05) is 18.9 Å². The first-order chi connectivity index (χ1) is 18.7. The van der Waals surface area contributed by atoms with E-state index in [0.717, 1.165) is 35.1 Å². The van der Waals surface area contributed by atoms with E-state index in [9.17, 15) is 22.0 Å². The number of rotatable bonds is 10. The minimum absolute atomic E-state index is 0.000260. The van der Waals surface area contributed by atoms with Gasteiger partial charge in [0.2, 0.25) is 15.9 Å². The molecule has 5 rings (SSSR count). The number of H-pyrrole nitrogens is 1. The predicted octanol–water partition coefficient (Wildman–Crippen LogP) is 4.57. The van der Waals surface area contributed by atoms with Crippen molar-refractivity contribution in [3.05, 3.63) is 59.3 Å². The second kappa shape index (κ2) is 11.7. The van der Waals surface area contributed by atoms with Gasteiger partial charge in [0, 0.05) is 36.2 Å². The number of fused-ring (bicyclic) bond motifs is 1. The number of halogens is 2. The fraction of sp³-hybridized carbons (Fsp3) is 0.483. The molecule has 3 aromatic rings. The minimum Gasteiger partial charge on any atom is -0.369 e. The Hall–Kier alpha value is -2.82. The number of amides is 1. The van der Waals surface area contributed by atoms with Crippen LogP contribution >= 0.6 is 0 Å². The lowest BCUT2D eigenvalue weighted by Gasteiger charge is -2.31. The van der Waals surface area contributed by atoms with Crippen molar-refractivity contribution in [3.63, 3.8) is 0 Å². The van der Waals surface area contributed by atoms with Crippen LogP contribution in [0, 0.1) is 11.6 Å². The zero-order valence-corrected chi connectivity index (χ0v) is 22.8. The molecule has 210 valence electrons. The van der Waals surface area contributed by atoms with Crippen LogP contribution in [0.5, 0.6) is 0 Å². The molecule has 2 heterocycles. The van der Waals surface area contributed by atoms with Crippen molar-refractivity contribution in [3.8, 4) is 11.1 Å². The molecular weight excluding hydrogens is 522 g/mol. The molecule has 10 heteroatoms. The van der Waals surface area contributed by atoms with Crippen LogP contribution in [0.2, 0.25) is 0 Å². The number of benzene rings is 2. The number of carbonyl (C=O) groups is 1. The van der Waals surface area contributed by atoms with Gasteiger partial charge in [-0.25, -0.2) is 21.5 Å². The number of nitrogens with one attached hydrogen (secondary N) is 2. The maximum absolute atomic E-state index is 14.0. The summed E-state index contributed by atoms with van der Waals surface area (Å²) in [6, 6.07) is 7.96. The normalized spacial score (nSPS) is 17.8. The van der Waals surface area contributed by atoms with Gasteiger partial charge in [-0.05, 0) is 91.1 Å². The standard InChI is InChI=1S/C29H36F2N4O3S/c30-26-7-6-20(16-27(26)31)21-14-22(17-28(32)36)29-24(15-21)25(18-34-29)19-8-11-35(12-9-19)39(37,38)13-3-10-33-23-4-1-2-5-23/h6-7,14-16,18-19,23,33-34H,1-5,8-13,17H2,(H2,32,36). The molecule has 39 heavy (non-hydrogen) atoms. The van der Waals surface area contributed by atoms with E-state index in [0.29, 0.717) is 55.1 Å². The molecule has 1 saturated heterocycles. The second-order valence-corrected chi connectivity index (χ2v) is 12.9. The SMILES string of the molecule is NC(=O)Cc1cc(-c2ccc(F)c(F)c2)cc2c(C3CCN(S(=O)(=O)CCCNC4CCCC4)CC3)c[nH]c12. The van der Waals surface area contributed by atoms with Gasteiger partial charge >= 0.3 is 0 Å². The zero-order valence-electron chi connectivity index (χ0n) is 22.0. The highest BCUT2D eigenvalue weighted by Crippen LogP contribution is 2.37. The fourth-order valence-corrected chi connectivity index (χ4v) is 7.63. The Morgan fingerprint density at radius 2 is 1.77 bits per heavy atom. The number of aromatic amines is 1. The molecule has 1 amide bonds. The summed E-state index contributed by atoms with van der Waals surface area (Å²) in [5.41, 5.74) is 9.14. The van der Waals surface area contributed by atoms with E-state index in [1.54, 1.807) is 10.4 Å². The van der Waals surface area contributed by atoms with E-state index in [1.165, 1.54) is 31.7 Å². The quantitative estimate of drug-likeness (QED) is 0.317. The molecule has 2 aliphatic rings. The smallest absolute Gasteiger partial charge is 0.221 e. The highest BCUT2D eigenvalue weighted by molar-refractivity contribution is 7.89. The molecule has 2 fully saturated rings. The first kappa shape index (κ1) is 27.7. The molecule has 1 aliphatic heterocycles. The minimum atomic E-state index is -3.32. The number of nitrogens with two attached hydrogens (primary N) is 1. The van der Waals surface area contributed by atoms with Crippen LogP contribution in [-0.4, -0.2) is 55.0 Å². The predicted molar refractivity (Wildman–Crippen MR) is 149 cm³/mol. The lowest BCUT2D eigenvalue weighted by molar-refractivity contribution is -0.117. The van der Waals surface area contributed by atoms with Gasteiger partial charge in [-0.15, -0.1) is 0 Å². The summed E-state index contributed by atoms with van der Waals surface area (Å²) in [7, 11) is -3.32. The lowest BCUT2D eigenvalue weighted by Crippen LogP contribution is -2.40. The van der Waals surface area contributed by atoms with Crippen LogP contribution in [0.15, 0.2) is 36.5 Å². The number of hydrogen-bond donors (Lipinski definition) is 3. The maximum atomic E-state index is 14.0. The van der Waals surface area contributed by atoms with Crippen molar-refractivity contribution in [1.29, 1.82) is 0 Å². The summed E-state index contributed by atoms with van der Waals surface area (Å²) in [6.07, 6.45) is 8.73. The van der Waals surface area contributed by atoms with Crippen LogP contribution in [0.4, 0.5) is 8.78 Å². The summed E-state index contributed by atoms with van der Waals surface area (Å²) < 4.78 is 55.1. The van der Waals surface area contributed by atoms with Crippen LogP contribution in [-0.2, 0) is 21.2 Å². The third kappa shape index (κ3) is 6.34. The first-order valence-electron chi connectivity index (χ1n) is 13.8. The number of hydrogen-bond acceptors (Lipinski definition) is 4. The lowest BCUT2D eigenvalue weighted by atomic mass is 9.88. The molecule has 1 aromatic heterocycles. The molecule has 1 aliphatic carbocycles. The molecule has 2 aromatic carbocycles. The van der Waals surface area contributed by atoms with Crippen molar-refractivity contribution < 1.29 is 22.0 Å². The Kier molecular flexibility index (Phi) is 8.35. The summed E-state index contributed by atoms with van der Waals surface area (Å²) in [5, 5.41) is 4.37. The highest BCUT2D eigenvalue weighted by Gasteiger charge is 2.30. The summed E-state index contributed by atoms with van der Waals surface area (Å²) in [4.78, 5) is 15.1. The Balaban J connectivity index is 1.30. The Morgan fingerprint density at radius 1 is 1.03 bits per heavy atom. The van der Waals surface area contributed by atoms with E-state index < -0.39 is 27.6 Å². The molecule has 0 spiro atoms. The summed E-state index contributed by atoms with van der Waals surface area (Å²) >= 11 is 0. The van der Waals surface area contributed by atoms with Crippen molar-refractivity contribution in [2.75, 3.05) is 25.4 Å². The van der Waals surface area contributed by atoms with Gasteiger partial charge in [-0.2, -0.15) is 0 Å². The van der Waals surface area contributed by atoms with Crippen molar-refractivity contribution in [1.82, 2.24) is 14.6 Å². The van der Waals surface area contributed by atoms with E-state index in [1.807, 2.05) is 12.3 Å². The number of aromatic nitrogens is 1. The fourth-order valence-electron chi connectivity index (χ4n) is 6.10. The van der Waals surface area contributed by atoms with E-state index >= 15 is 0 Å². The van der Waals surface area contributed by atoms with Crippen LogP contribution in [0.1, 0.15) is 62.0 Å². The number of piperidine rings is 1. The third-order valence-electron chi connectivity index (χ3n) is 8.18. The molecule has 0 atom stereocenters. The zero-order chi connectivity index (χ0) is 27.6. The van der Waals surface area contributed by atoms with E-state index in [2.05, 4.69) is 10.3 Å². The van der Waals surface area contributed by atoms with Crippen LogP contribution in [0.25, 0.3) is 22.0 Å². The van der Waals surface area contributed by atoms with Gasteiger partial charge < -0.3 is 16.0 Å². The first-order valence-corrected chi connectivity index (χ1v) is 15.4. The van der Waals surface area contributed by atoms with Gasteiger partial charge in [-0.3, -0.25) is 4.79 Å². The Bertz CT molecular complexity index is 1440. The molecule has 0 bridgehead atoms. The summed E-state index contributed by atoms with van der Waals surface area (Å²) in [5.74, 6) is -2.09. The molecular formula is C29H36F2N4O3S. The van der Waals surface area contributed by atoms with E-state index in [4.69, 9.17) is 5.73 Å². The molecule has 0 unspecified atom stereocenters. The molecule has 7 nitrogen and oxygen atoms in total.